The van der Waals surface area contributed by atoms with E-state index >= 15 is 0 Å². The summed E-state index contributed by atoms with van der Waals surface area (Å²) in [7, 11) is 0. The highest BCUT2D eigenvalue weighted by Gasteiger charge is 2.19. The van der Waals surface area contributed by atoms with Gasteiger partial charge in [0, 0.05) is 19.3 Å². The molecule has 0 rings (SSSR count). The van der Waals surface area contributed by atoms with Gasteiger partial charge in [0.15, 0.2) is 6.10 Å². The molecule has 0 amide bonds. The number of rotatable bonds is 49. The van der Waals surface area contributed by atoms with Crippen molar-refractivity contribution >= 4 is 17.9 Å². The molecule has 0 saturated heterocycles. The van der Waals surface area contributed by atoms with Crippen molar-refractivity contribution in [1.29, 1.82) is 0 Å². The topological polar surface area (TPSA) is 78.9 Å². The van der Waals surface area contributed by atoms with E-state index in [1.54, 1.807) is 0 Å². The molecule has 0 saturated carbocycles. The molecule has 6 heteroatoms. The Balaban J connectivity index is 4.25. The van der Waals surface area contributed by atoms with Gasteiger partial charge in [0.05, 0.1) is 0 Å². The summed E-state index contributed by atoms with van der Waals surface area (Å²) in [6.45, 7) is 8.99. The van der Waals surface area contributed by atoms with E-state index in [0.717, 1.165) is 63.7 Å². The summed E-state index contributed by atoms with van der Waals surface area (Å²) in [5.74, 6) is -0.0634. The van der Waals surface area contributed by atoms with Crippen molar-refractivity contribution < 1.29 is 28.6 Å². The van der Waals surface area contributed by atoms with Gasteiger partial charge < -0.3 is 14.2 Å². The zero-order chi connectivity index (χ0) is 43.8. The van der Waals surface area contributed by atoms with Crippen LogP contribution in [0, 0.1) is 5.92 Å². The van der Waals surface area contributed by atoms with E-state index in [0.29, 0.717) is 19.3 Å². The maximum absolute atomic E-state index is 12.8. The SMILES string of the molecule is CCCCCCCCCCCCCCCCCCCCC(=O)OC[C@H](COC(=O)CCCCCCCCCC(C)C)OC(=O)CCCCCCCCCCCCCCCC. The molecule has 0 aromatic rings. The minimum absolute atomic E-state index is 0.0630. The lowest BCUT2D eigenvalue weighted by Gasteiger charge is -2.18. The lowest BCUT2D eigenvalue weighted by molar-refractivity contribution is -0.167. The van der Waals surface area contributed by atoms with Crippen LogP contribution in [0.25, 0.3) is 0 Å². The molecule has 0 unspecified atom stereocenters. The molecular weight excluding hydrogens is 745 g/mol. The lowest BCUT2D eigenvalue weighted by Crippen LogP contribution is -2.30. The Morgan fingerprint density at radius 3 is 0.817 bits per heavy atom. The molecule has 6 nitrogen and oxygen atoms in total. The number of carbonyl (C=O) groups is 3. The van der Waals surface area contributed by atoms with E-state index in [9.17, 15) is 14.4 Å². The molecule has 60 heavy (non-hydrogen) atoms. The summed E-state index contributed by atoms with van der Waals surface area (Å²) in [5.41, 5.74) is 0. The van der Waals surface area contributed by atoms with Crippen LogP contribution >= 0.6 is 0 Å². The number of unbranched alkanes of at least 4 members (excludes halogenated alkanes) is 36. The molecular formula is C54H104O6. The van der Waals surface area contributed by atoms with Crippen LogP contribution in [0.2, 0.25) is 0 Å². The Hall–Kier alpha value is -1.59. The number of hydrogen-bond acceptors (Lipinski definition) is 6. The maximum Gasteiger partial charge on any atom is 0.306 e. The fraction of sp³-hybridized carbons (Fsp3) is 0.944. The molecule has 0 aliphatic carbocycles. The predicted octanol–water partition coefficient (Wildman–Crippen LogP) is 17.5. The van der Waals surface area contributed by atoms with Crippen molar-refractivity contribution in [2.24, 2.45) is 5.92 Å². The molecule has 356 valence electrons. The van der Waals surface area contributed by atoms with Crippen LogP contribution < -0.4 is 0 Å². The molecule has 0 spiro atoms. The molecule has 0 heterocycles. The highest BCUT2D eigenvalue weighted by Crippen LogP contribution is 2.17. The molecule has 0 aromatic heterocycles. The van der Waals surface area contributed by atoms with Crippen molar-refractivity contribution in [3.63, 3.8) is 0 Å². The Morgan fingerprint density at radius 2 is 0.550 bits per heavy atom. The van der Waals surface area contributed by atoms with Crippen LogP contribution in [-0.4, -0.2) is 37.2 Å². The van der Waals surface area contributed by atoms with Gasteiger partial charge in [0.2, 0.25) is 0 Å². The Bertz CT molecular complexity index is 903. The van der Waals surface area contributed by atoms with Crippen LogP contribution in [0.5, 0.6) is 0 Å². The molecule has 1 atom stereocenters. The maximum atomic E-state index is 12.8. The van der Waals surface area contributed by atoms with Gasteiger partial charge in [-0.1, -0.05) is 265 Å². The first kappa shape index (κ1) is 58.4. The van der Waals surface area contributed by atoms with Crippen LogP contribution in [0.15, 0.2) is 0 Å². The highest BCUT2D eigenvalue weighted by atomic mass is 16.6. The number of ether oxygens (including phenoxy) is 3. The molecule has 0 N–H and O–H groups in total. The second-order valence-corrected chi connectivity index (χ2v) is 19.0. The van der Waals surface area contributed by atoms with Crippen LogP contribution in [-0.2, 0) is 28.6 Å². The first-order chi connectivity index (χ1) is 29.4. The average molecular weight is 849 g/mol. The van der Waals surface area contributed by atoms with Crippen molar-refractivity contribution in [1.82, 2.24) is 0 Å². The Morgan fingerprint density at radius 1 is 0.317 bits per heavy atom. The zero-order valence-electron chi connectivity index (χ0n) is 40.9. The summed E-state index contributed by atoms with van der Waals surface area (Å²) in [4.78, 5) is 37.9. The molecule has 0 aliphatic heterocycles. The van der Waals surface area contributed by atoms with Gasteiger partial charge in [0.1, 0.15) is 13.2 Å². The number of hydrogen-bond donors (Lipinski definition) is 0. The predicted molar refractivity (Wildman–Crippen MR) is 257 cm³/mol. The largest absolute Gasteiger partial charge is 0.462 e. The first-order valence-electron chi connectivity index (χ1n) is 26.9. The number of carbonyl (C=O) groups excluding carboxylic acids is 3. The van der Waals surface area contributed by atoms with E-state index in [1.807, 2.05) is 0 Å². The summed E-state index contributed by atoms with van der Waals surface area (Å²) in [6, 6.07) is 0. The van der Waals surface area contributed by atoms with Gasteiger partial charge >= 0.3 is 17.9 Å². The quantitative estimate of drug-likeness (QED) is 0.0345. The smallest absolute Gasteiger partial charge is 0.306 e. The molecule has 0 bridgehead atoms. The van der Waals surface area contributed by atoms with Gasteiger partial charge in [-0.3, -0.25) is 14.4 Å². The van der Waals surface area contributed by atoms with Gasteiger partial charge in [-0.05, 0) is 25.2 Å². The Kier molecular flexibility index (Phi) is 47.2. The van der Waals surface area contributed by atoms with E-state index in [-0.39, 0.29) is 31.1 Å². The molecule has 0 fully saturated rings. The third-order valence-corrected chi connectivity index (χ3v) is 12.3. The van der Waals surface area contributed by atoms with Gasteiger partial charge in [0.25, 0.3) is 0 Å². The van der Waals surface area contributed by atoms with E-state index in [2.05, 4.69) is 27.7 Å². The second kappa shape index (κ2) is 48.4. The number of esters is 3. The van der Waals surface area contributed by atoms with Crippen LogP contribution in [0.3, 0.4) is 0 Å². The summed E-state index contributed by atoms with van der Waals surface area (Å²) < 4.78 is 16.8. The van der Waals surface area contributed by atoms with Crippen molar-refractivity contribution in [2.45, 2.75) is 310 Å². The minimum atomic E-state index is -0.761. The summed E-state index contributed by atoms with van der Waals surface area (Å²) >= 11 is 0. The third kappa shape index (κ3) is 47.5. The standard InChI is InChI=1S/C54H104O6/c1-5-7-9-11-13-15-17-19-21-22-23-24-26-27-29-33-37-41-45-52(55)58-48-51(49-59-53(56)46-42-38-35-31-32-36-40-44-50(3)4)60-54(57)47-43-39-34-30-28-25-20-18-16-14-12-10-8-6-2/h50-51H,5-49H2,1-4H3/t51-/m1/s1. The van der Waals surface area contributed by atoms with E-state index < -0.39 is 6.10 Å². The van der Waals surface area contributed by atoms with Gasteiger partial charge in [-0.25, -0.2) is 0 Å². The van der Waals surface area contributed by atoms with E-state index in [1.165, 1.54) is 199 Å². The van der Waals surface area contributed by atoms with Gasteiger partial charge in [-0.15, -0.1) is 0 Å². The van der Waals surface area contributed by atoms with Crippen molar-refractivity contribution in [3.05, 3.63) is 0 Å². The van der Waals surface area contributed by atoms with Crippen molar-refractivity contribution in [2.75, 3.05) is 13.2 Å². The Labute approximate surface area is 374 Å². The molecule has 0 aliphatic rings. The van der Waals surface area contributed by atoms with Crippen LogP contribution in [0.4, 0.5) is 0 Å². The second-order valence-electron chi connectivity index (χ2n) is 19.0. The minimum Gasteiger partial charge on any atom is -0.462 e. The molecule has 0 aromatic carbocycles. The fourth-order valence-corrected chi connectivity index (χ4v) is 8.22. The van der Waals surface area contributed by atoms with Crippen LogP contribution in [0.1, 0.15) is 304 Å². The van der Waals surface area contributed by atoms with Crippen molar-refractivity contribution in [3.8, 4) is 0 Å². The zero-order valence-corrected chi connectivity index (χ0v) is 40.9. The summed E-state index contributed by atoms with van der Waals surface area (Å²) in [6.07, 6.45) is 51.0. The molecule has 0 radical (unpaired) electrons. The van der Waals surface area contributed by atoms with Gasteiger partial charge in [-0.2, -0.15) is 0 Å². The summed E-state index contributed by atoms with van der Waals surface area (Å²) in [5, 5.41) is 0. The van der Waals surface area contributed by atoms with E-state index in [4.69, 9.17) is 14.2 Å². The first-order valence-corrected chi connectivity index (χ1v) is 26.9. The lowest BCUT2D eigenvalue weighted by atomic mass is 10.0. The normalized spacial score (nSPS) is 11.9. The average Bonchev–Trinajstić information content (AvgIpc) is 3.23. The monoisotopic (exact) mass is 849 g/mol. The third-order valence-electron chi connectivity index (χ3n) is 12.3. The highest BCUT2D eigenvalue weighted by molar-refractivity contribution is 5.71. The fourth-order valence-electron chi connectivity index (χ4n) is 8.22.